The van der Waals surface area contributed by atoms with Crippen molar-refractivity contribution in [2.75, 3.05) is 18.1 Å². The number of nitrogens with one attached hydrogen (secondary N) is 2. The fourth-order valence-corrected chi connectivity index (χ4v) is 3.16. The normalized spacial score (nSPS) is 22.3. The first kappa shape index (κ1) is 15.1. The van der Waals surface area contributed by atoms with Crippen LogP contribution in [0, 0.1) is 0 Å². The van der Waals surface area contributed by atoms with Crippen LogP contribution in [0.3, 0.4) is 0 Å². The zero-order valence-corrected chi connectivity index (χ0v) is 12.9. The van der Waals surface area contributed by atoms with Gasteiger partial charge in [-0.05, 0) is 38.9 Å². The van der Waals surface area contributed by atoms with Gasteiger partial charge in [0.15, 0.2) is 0 Å². The number of carbonyl (C=O) groups is 1. The van der Waals surface area contributed by atoms with Crippen LogP contribution in [0.25, 0.3) is 0 Å². The van der Waals surface area contributed by atoms with Gasteiger partial charge in [0.1, 0.15) is 11.5 Å². The van der Waals surface area contributed by atoms with Gasteiger partial charge in [-0.1, -0.05) is 0 Å². The monoisotopic (exact) mass is 294 g/mol. The second-order valence-corrected chi connectivity index (χ2v) is 6.14. The van der Waals surface area contributed by atoms with E-state index in [9.17, 15) is 4.79 Å². The number of aromatic nitrogens is 2. The third kappa shape index (κ3) is 4.10. The zero-order valence-electron chi connectivity index (χ0n) is 12.1. The van der Waals surface area contributed by atoms with Crippen LogP contribution in [0.4, 0.5) is 5.82 Å². The molecule has 1 aromatic rings. The number of amides is 1. The molecule has 0 bridgehead atoms. The molecule has 6 heteroatoms. The number of thioether (sulfide) groups is 1. The van der Waals surface area contributed by atoms with E-state index >= 15 is 0 Å². The molecule has 0 radical (unpaired) electrons. The summed E-state index contributed by atoms with van der Waals surface area (Å²) in [6, 6.07) is 0.279. The molecule has 0 unspecified atom stereocenters. The predicted octanol–water partition coefficient (Wildman–Crippen LogP) is 2.31. The maximum atomic E-state index is 12.1. The minimum atomic E-state index is -0.117. The Hall–Kier alpha value is -1.30. The largest absolute Gasteiger partial charge is 0.369 e. The molecule has 1 fully saturated rings. The van der Waals surface area contributed by atoms with Crippen LogP contribution in [0.2, 0.25) is 0 Å². The van der Waals surface area contributed by atoms with E-state index < -0.39 is 0 Å². The molecule has 1 aliphatic carbocycles. The smallest absolute Gasteiger partial charge is 0.271 e. The van der Waals surface area contributed by atoms with Crippen molar-refractivity contribution < 1.29 is 4.79 Å². The molecular weight excluding hydrogens is 272 g/mol. The second-order valence-electron chi connectivity index (χ2n) is 5.00. The van der Waals surface area contributed by atoms with E-state index in [-0.39, 0.29) is 11.9 Å². The summed E-state index contributed by atoms with van der Waals surface area (Å²) in [6.45, 7) is 2.78. The Kier molecular flexibility index (Phi) is 5.64. The van der Waals surface area contributed by atoms with Crippen molar-refractivity contribution in [1.29, 1.82) is 0 Å². The molecule has 2 N–H and O–H groups in total. The topological polar surface area (TPSA) is 66.9 Å². The molecule has 1 heterocycles. The number of hydrogen-bond acceptors (Lipinski definition) is 5. The van der Waals surface area contributed by atoms with Gasteiger partial charge in [-0.2, -0.15) is 11.8 Å². The number of hydrogen-bond donors (Lipinski definition) is 2. The second kappa shape index (κ2) is 7.47. The van der Waals surface area contributed by atoms with Crippen LogP contribution < -0.4 is 10.6 Å². The summed E-state index contributed by atoms with van der Waals surface area (Å²) in [5, 5.41) is 6.87. The highest BCUT2D eigenvalue weighted by atomic mass is 32.2. The van der Waals surface area contributed by atoms with Gasteiger partial charge in [0.05, 0.1) is 12.4 Å². The van der Waals surface area contributed by atoms with Crippen molar-refractivity contribution in [2.45, 2.75) is 43.9 Å². The summed E-state index contributed by atoms with van der Waals surface area (Å²) in [6.07, 6.45) is 9.75. The van der Waals surface area contributed by atoms with E-state index in [1.807, 2.05) is 18.7 Å². The number of anilines is 1. The summed E-state index contributed by atoms with van der Waals surface area (Å²) >= 11 is 1.93. The van der Waals surface area contributed by atoms with Crippen LogP contribution >= 0.6 is 11.8 Å². The standard InChI is InChI=1S/C14H22N4OS/c1-3-15-13-9-16-12(8-17-13)14(19)18-10-4-6-11(20-2)7-5-10/h8-11H,3-7H2,1-2H3,(H,15,17)(H,18,19). The Morgan fingerprint density at radius 2 is 2.05 bits per heavy atom. The third-order valence-electron chi connectivity index (χ3n) is 3.59. The lowest BCUT2D eigenvalue weighted by molar-refractivity contribution is 0.0922. The van der Waals surface area contributed by atoms with E-state index in [2.05, 4.69) is 26.9 Å². The number of rotatable bonds is 5. The first-order valence-electron chi connectivity index (χ1n) is 7.12. The molecule has 1 aromatic heterocycles. The Balaban J connectivity index is 1.85. The van der Waals surface area contributed by atoms with Gasteiger partial charge in [-0.15, -0.1) is 0 Å². The van der Waals surface area contributed by atoms with E-state index in [0.717, 1.165) is 24.6 Å². The molecule has 0 atom stereocenters. The Morgan fingerprint density at radius 3 is 2.60 bits per heavy atom. The maximum Gasteiger partial charge on any atom is 0.271 e. The average Bonchev–Trinajstić information content (AvgIpc) is 2.49. The predicted molar refractivity (Wildman–Crippen MR) is 83.2 cm³/mol. The molecule has 0 aromatic carbocycles. The summed E-state index contributed by atoms with van der Waals surface area (Å²) in [5.74, 6) is 0.581. The van der Waals surface area contributed by atoms with Crippen LogP contribution in [-0.2, 0) is 0 Å². The summed E-state index contributed by atoms with van der Waals surface area (Å²) < 4.78 is 0. The van der Waals surface area contributed by atoms with Crippen molar-refractivity contribution in [3.8, 4) is 0 Å². The molecule has 0 aliphatic heterocycles. The highest BCUT2D eigenvalue weighted by molar-refractivity contribution is 7.99. The Morgan fingerprint density at radius 1 is 1.30 bits per heavy atom. The van der Waals surface area contributed by atoms with Gasteiger partial charge < -0.3 is 10.6 Å². The van der Waals surface area contributed by atoms with Gasteiger partial charge in [-0.25, -0.2) is 9.97 Å². The molecule has 2 rings (SSSR count). The maximum absolute atomic E-state index is 12.1. The van der Waals surface area contributed by atoms with Crippen molar-refractivity contribution >= 4 is 23.5 Å². The summed E-state index contributed by atoms with van der Waals surface area (Å²) in [4.78, 5) is 20.4. The lowest BCUT2D eigenvalue weighted by Crippen LogP contribution is -2.38. The highest BCUT2D eigenvalue weighted by Gasteiger charge is 2.22. The Bertz CT molecular complexity index is 429. The molecule has 0 spiro atoms. The van der Waals surface area contributed by atoms with Crippen molar-refractivity contribution in [2.24, 2.45) is 0 Å². The molecule has 110 valence electrons. The van der Waals surface area contributed by atoms with Gasteiger partial charge in [0, 0.05) is 17.8 Å². The van der Waals surface area contributed by atoms with Gasteiger partial charge in [-0.3, -0.25) is 4.79 Å². The van der Waals surface area contributed by atoms with Gasteiger partial charge >= 0.3 is 0 Å². The van der Waals surface area contributed by atoms with Crippen LogP contribution in [0.1, 0.15) is 43.1 Å². The molecule has 1 saturated carbocycles. The first-order chi connectivity index (χ1) is 9.72. The highest BCUT2D eigenvalue weighted by Crippen LogP contribution is 2.26. The molecule has 20 heavy (non-hydrogen) atoms. The molecular formula is C14H22N4OS. The minimum Gasteiger partial charge on any atom is -0.369 e. The quantitative estimate of drug-likeness (QED) is 0.872. The first-order valence-corrected chi connectivity index (χ1v) is 8.41. The number of nitrogens with zero attached hydrogens (tertiary/aromatic N) is 2. The van der Waals surface area contributed by atoms with Gasteiger partial charge in [0.25, 0.3) is 5.91 Å². The number of carbonyl (C=O) groups excluding carboxylic acids is 1. The van der Waals surface area contributed by atoms with Crippen LogP contribution in [0.15, 0.2) is 12.4 Å². The van der Waals surface area contributed by atoms with Gasteiger partial charge in [0.2, 0.25) is 0 Å². The van der Waals surface area contributed by atoms with Crippen LogP contribution in [0.5, 0.6) is 0 Å². The summed E-state index contributed by atoms with van der Waals surface area (Å²) in [7, 11) is 0. The lowest BCUT2D eigenvalue weighted by Gasteiger charge is -2.27. The third-order valence-corrected chi connectivity index (χ3v) is 4.72. The van der Waals surface area contributed by atoms with Crippen molar-refractivity contribution in [1.82, 2.24) is 15.3 Å². The summed E-state index contributed by atoms with van der Waals surface area (Å²) in [5.41, 5.74) is 0.388. The minimum absolute atomic E-state index is 0.117. The van der Waals surface area contributed by atoms with E-state index in [1.165, 1.54) is 19.0 Å². The van der Waals surface area contributed by atoms with Crippen molar-refractivity contribution in [3.63, 3.8) is 0 Å². The molecule has 1 amide bonds. The van der Waals surface area contributed by atoms with E-state index in [1.54, 1.807) is 6.20 Å². The SMILES string of the molecule is CCNc1cnc(C(=O)NC2CCC(SC)CC2)cn1. The average molecular weight is 294 g/mol. The van der Waals surface area contributed by atoms with Crippen LogP contribution in [-0.4, -0.2) is 40.0 Å². The molecule has 0 saturated heterocycles. The molecule has 5 nitrogen and oxygen atoms in total. The van der Waals surface area contributed by atoms with Crippen molar-refractivity contribution in [3.05, 3.63) is 18.1 Å². The zero-order chi connectivity index (χ0) is 14.4. The molecule has 1 aliphatic rings. The fraction of sp³-hybridized carbons (Fsp3) is 0.643. The van der Waals surface area contributed by atoms with E-state index in [4.69, 9.17) is 0 Å². The Labute approximate surface area is 124 Å². The fourth-order valence-electron chi connectivity index (χ4n) is 2.42. The lowest BCUT2D eigenvalue weighted by atomic mass is 9.95. The van der Waals surface area contributed by atoms with E-state index in [0.29, 0.717) is 11.5 Å².